The van der Waals surface area contributed by atoms with Gasteiger partial charge >= 0.3 is 0 Å². The molecule has 84 valence electrons. The Morgan fingerprint density at radius 3 is 2.07 bits per heavy atom. The fourth-order valence-electron chi connectivity index (χ4n) is 1.84. The summed E-state index contributed by atoms with van der Waals surface area (Å²) in [5.41, 5.74) is 0. The van der Waals surface area contributed by atoms with E-state index in [0.29, 0.717) is 19.3 Å². The van der Waals surface area contributed by atoms with E-state index in [-0.39, 0.29) is 6.61 Å². The van der Waals surface area contributed by atoms with Crippen LogP contribution in [0.15, 0.2) is 0 Å². The lowest BCUT2D eigenvalue weighted by atomic mass is 9.85. The van der Waals surface area contributed by atoms with E-state index in [4.69, 9.17) is 5.11 Å². The SMILES string of the molecule is OC[C@H]1CCC[C@H](O)[C@H](O)[C@@H](O)[C@H]1O. The van der Waals surface area contributed by atoms with Crippen molar-refractivity contribution >= 4 is 0 Å². The summed E-state index contributed by atoms with van der Waals surface area (Å²) >= 11 is 0. The summed E-state index contributed by atoms with van der Waals surface area (Å²) in [7, 11) is 0. The largest absolute Gasteiger partial charge is 0.396 e. The maximum Gasteiger partial charge on any atom is 0.109 e. The molecule has 0 unspecified atom stereocenters. The van der Waals surface area contributed by atoms with Crippen LogP contribution in [0, 0.1) is 5.92 Å². The lowest BCUT2D eigenvalue weighted by Gasteiger charge is -2.33. The molecule has 0 aromatic carbocycles. The summed E-state index contributed by atoms with van der Waals surface area (Å²) in [4.78, 5) is 0. The van der Waals surface area contributed by atoms with Crippen LogP contribution in [0.2, 0.25) is 0 Å². The third-order valence-corrected chi connectivity index (χ3v) is 2.89. The van der Waals surface area contributed by atoms with E-state index in [9.17, 15) is 20.4 Å². The van der Waals surface area contributed by atoms with E-state index in [1.165, 1.54) is 0 Å². The number of hydrogen-bond donors (Lipinski definition) is 5. The van der Waals surface area contributed by atoms with Crippen LogP contribution < -0.4 is 0 Å². The zero-order valence-electron chi connectivity index (χ0n) is 7.95. The van der Waals surface area contributed by atoms with Crippen LogP contribution in [-0.2, 0) is 0 Å². The summed E-state index contributed by atoms with van der Waals surface area (Å²) in [6, 6.07) is 0. The van der Waals surface area contributed by atoms with E-state index in [1.807, 2.05) is 0 Å². The predicted molar refractivity (Wildman–Crippen MR) is 48.5 cm³/mol. The summed E-state index contributed by atoms with van der Waals surface area (Å²) < 4.78 is 0. The standard InChI is InChI=1S/C9H18O5/c10-4-5-2-1-3-6(11)8(13)9(14)7(5)12/h5-14H,1-4H2/t5-,6+,7+,8+,9+/m1/s1. The van der Waals surface area contributed by atoms with E-state index >= 15 is 0 Å². The Morgan fingerprint density at radius 2 is 1.50 bits per heavy atom. The molecule has 5 atom stereocenters. The van der Waals surface area contributed by atoms with Crippen LogP contribution in [0.3, 0.4) is 0 Å². The fraction of sp³-hybridized carbons (Fsp3) is 1.00. The molecule has 1 saturated carbocycles. The van der Waals surface area contributed by atoms with E-state index in [0.717, 1.165) is 0 Å². The van der Waals surface area contributed by atoms with Gasteiger partial charge in [-0.1, -0.05) is 6.42 Å². The van der Waals surface area contributed by atoms with Crippen LogP contribution in [0.25, 0.3) is 0 Å². The van der Waals surface area contributed by atoms with E-state index in [1.54, 1.807) is 0 Å². The molecule has 1 aliphatic carbocycles. The van der Waals surface area contributed by atoms with Gasteiger partial charge in [0.05, 0.1) is 12.2 Å². The molecule has 1 aliphatic rings. The first-order valence-corrected chi connectivity index (χ1v) is 4.91. The zero-order valence-corrected chi connectivity index (χ0v) is 7.95. The van der Waals surface area contributed by atoms with Gasteiger partial charge in [-0.3, -0.25) is 0 Å². The first kappa shape index (κ1) is 11.9. The molecule has 5 N–H and O–H groups in total. The highest BCUT2D eigenvalue weighted by Crippen LogP contribution is 2.23. The van der Waals surface area contributed by atoms with Gasteiger partial charge in [0, 0.05) is 12.5 Å². The van der Waals surface area contributed by atoms with Gasteiger partial charge in [0.1, 0.15) is 12.2 Å². The smallest absolute Gasteiger partial charge is 0.109 e. The second-order valence-corrected chi connectivity index (χ2v) is 3.91. The number of rotatable bonds is 1. The Bertz CT molecular complexity index is 169. The maximum absolute atomic E-state index is 9.55. The molecule has 0 heterocycles. The fourth-order valence-corrected chi connectivity index (χ4v) is 1.84. The predicted octanol–water partition coefficient (Wildman–Crippen LogP) is -1.78. The van der Waals surface area contributed by atoms with Crippen molar-refractivity contribution in [3.63, 3.8) is 0 Å². The minimum Gasteiger partial charge on any atom is -0.396 e. The minimum absolute atomic E-state index is 0.221. The molecule has 0 amide bonds. The first-order valence-electron chi connectivity index (χ1n) is 4.91. The highest BCUT2D eigenvalue weighted by Gasteiger charge is 2.36. The first-order chi connectivity index (χ1) is 6.57. The minimum atomic E-state index is -1.39. The monoisotopic (exact) mass is 206 g/mol. The van der Waals surface area contributed by atoms with Crippen molar-refractivity contribution in [2.24, 2.45) is 5.92 Å². The van der Waals surface area contributed by atoms with E-state index in [2.05, 4.69) is 0 Å². The van der Waals surface area contributed by atoms with Crippen molar-refractivity contribution in [3.8, 4) is 0 Å². The van der Waals surface area contributed by atoms with Crippen molar-refractivity contribution in [2.75, 3.05) is 6.61 Å². The van der Waals surface area contributed by atoms with Gasteiger partial charge in [0.2, 0.25) is 0 Å². The molecule has 1 fully saturated rings. The molecule has 14 heavy (non-hydrogen) atoms. The molecular weight excluding hydrogens is 188 g/mol. The second kappa shape index (κ2) is 5.04. The Hall–Kier alpha value is -0.200. The second-order valence-electron chi connectivity index (χ2n) is 3.91. The van der Waals surface area contributed by atoms with Gasteiger partial charge in [-0.2, -0.15) is 0 Å². The molecule has 0 aromatic rings. The van der Waals surface area contributed by atoms with Crippen LogP contribution in [0.5, 0.6) is 0 Å². The van der Waals surface area contributed by atoms with Crippen molar-refractivity contribution < 1.29 is 25.5 Å². The summed E-state index contributed by atoms with van der Waals surface area (Å²) in [5, 5.41) is 46.7. The van der Waals surface area contributed by atoms with Crippen LogP contribution in [0.1, 0.15) is 19.3 Å². The van der Waals surface area contributed by atoms with Gasteiger partial charge in [0.25, 0.3) is 0 Å². The van der Waals surface area contributed by atoms with Gasteiger partial charge in [-0.25, -0.2) is 0 Å². The average molecular weight is 206 g/mol. The van der Waals surface area contributed by atoms with Crippen LogP contribution >= 0.6 is 0 Å². The molecular formula is C9H18O5. The Morgan fingerprint density at radius 1 is 0.857 bits per heavy atom. The molecule has 0 saturated heterocycles. The van der Waals surface area contributed by atoms with Crippen molar-refractivity contribution in [1.29, 1.82) is 0 Å². The molecule has 0 radical (unpaired) electrons. The third-order valence-electron chi connectivity index (χ3n) is 2.89. The average Bonchev–Trinajstić information content (AvgIpc) is 2.20. The quantitative estimate of drug-likeness (QED) is 0.349. The summed E-state index contributed by atoms with van der Waals surface area (Å²) in [5.74, 6) is -0.424. The zero-order chi connectivity index (χ0) is 10.7. The lowest BCUT2D eigenvalue weighted by molar-refractivity contribution is -0.134. The topological polar surface area (TPSA) is 101 Å². The number of aliphatic hydroxyl groups excluding tert-OH is 5. The summed E-state index contributed by atoms with van der Waals surface area (Å²) in [6.45, 7) is -0.221. The van der Waals surface area contributed by atoms with Crippen molar-refractivity contribution in [3.05, 3.63) is 0 Å². The van der Waals surface area contributed by atoms with Crippen LogP contribution in [-0.4, -0.2) is 56.6 Å². The molecule has 0 aromatic heterocycles. The van der Waals surface area contributed by atoms with Gasteiger partial charge in [-0.05, 0) is 12.8 Å². The highest BCUT2D eigenvalue weighted by molar-refractivity contribution is 4.87. The molecule has 5 nitrogen and oxygen atoms in total. The van der Waals surface area contributed by atoms with Crippen LogP contribution in [0.4, 0.5) is 0 Å². The van der Waals surface area contributed by atoms with Gasteiger partial charge < -0.3 is 25.5 Å². The molecule has 0 aliphatic heterocycles. The summed E-state index contributed by atoms with van der Waals surface area (Å²) in [6.07, 6.45) is -3.36. The Kier molecular flexibility index (Phi) is 4.28. The van der Waals surface area contributed by atoms with Gasteiger partial charge in [-0.15, -0.1) is 0 Å². The number of hydrogen-bond acceptors (Lipinski definition) is 5. The van der Waals surface area contributed by atoms with Crippen molar-refractivity contribution in [1.82, 2.24) is 0 Å². The van der Waals surface area contributed by atoms with E-state index < -0.39 is 30.3 Å². The third kappa shape index (κ3) is 2.43. The van der Waals surface area contributed by atoms with Gasteiger partial charge in [0.15, 0.2) is 0 Å². The molecule has 1 rings (SSSR count). The highest BCUT2D eigenvalue weighted by atomic mass is 16.4. The molecule has 0 spiro atoms. The van der Waals surface area contributed by atoms with Crippen molar-refractivity contribution in [2.45, 2.75) is 43.7 Å². The maximum atomic E-state index is 9.55. The normalized spacial score (nSPS) is 45.6. The molecule has 0 bridgehead atoms. The molecule has 5 heteroatoms. The number of aliphatic hydroxyl groups is 5. The lowest BCUT2D eigenvalue weighted by Crippen LogP contribution is -2.49. The Balaban J connectivity index is 2.67. The Labute approximate surface area is 82.6 Å².